The number of ether oxygens (including phenoxy) is 1. The van der Waals surface area contributed by atoms with Crippen molar-refractivity contribution in [1.29, 1.82) is 0 Å². The molecule has 0 bridgehead atoms. The summed E-state index contributed by atoms with van der Waals surface area (Å²) in [6, 6.07) is 3.97. The lowest BCUT2D eigenvalue weighted by molar-refractivity contribution is -0.169. The molecule has 0 amide bonds. The Hall–Kier alpha value is -2.28. The summed E-state index contributed by atoms with van der Waals surface area (Å²) in [5.74, 6) is 1.23. The van der Waals surface area contributed by atoms with Crippen LogP contribution in [0.5, 0.6) is 11.5 Å². The molecule has 1 unspecified atom stereocenters. The molecule has 1 aromatic carbocycles. The van der Waals surface area contributed by atoms with Crippen LogP contribution in [0, 0.1) is 5.92 Å². The maximum absolute atomic E-state index is 12.0. The Morgan fingerprint density at radius 2 is 1.81 bits per heavy atom. The van der Waals surface area contributed by atoms with Crippen LogP contribution in [0.15, 0.2) is 18.2 Å². The molecule has 7 heteroatoms. The highest BCUT2D eigenvalue weighted by atomic mass is 16.7. The summed E-state index contributed by atoms with van der Waals surface area (Å²) in [5.41, 5.74) is -0.312. The van der Waals surface area contributed by atoms with E-state index < -0.39 is 23.5 Å². The number of aromatic hydroxyl groups is 2. The molecule has 0 radical (unpaired) electrons. The van der Waals surface area contributed by atoms with Gasteiger partial charge in [-0.25, -0.2) is 4.79 Å². The molecule has 0 spiro atoms. The molecule has 0 aromatic heterocycles. The van der Waals surface area contributed by atoms with Crippen molar-refractivity contribution < 1.29 is 29.4 Å². The fourth-order valence-electron chi connectivity index (χ4n) is 1.65. The molecule has 0 fully saturated rings. The highest BCUT2D eigenvalue weighted by molar-refractivity contribution is 5.95. The Bertz CT molecular complexity index is 535. The van der Waals surface area contributed by atoms with Crippen LogP contribution in [-0.2, 0) is 25.6 Å². The van der Waals surface area contributed by atoms with E-state index in [2.05, 4.69) is 4.84 Å². The highest BCUT2D eigenvalue weighted by Gasteiger charge is 2.32. The molecule has 7 nitrogen and oxygen atoms in total. The van der Waals surface area contributed by atoms with Gasteiger partial charge in [-0.1, -0.05) is 6.07 Å². The molecule has 0 heterocycles. The molecule has 4 N–H and O–H groups in total. The summed E-state index contributed by atoms with van der Waals surface area (Å²) < 4.78 is 5.14. The number of phenols is 2. The zero-order valence-corrected chi connectivity index (χ0v) is 12.1. The van der Waals surface area contributed by atoms with Gasteiger partial charge in [0.05, 0.1) is 0 Å². The molecule has 1 aromatic rings. The first kappa shape index (κ1) is 16.8. The second-order valence-electron chi connectivity index (χ2n) is 5.55. The van der Waals surface area contributed by atoms with Crippen LogP contribution in [-0.4, -0.2) is 27.8 Å². The fraction of sp³-hybridized carbons (Fsp3) is 0.429. The van der Waals surface area contributed by atoms with Crippen molar-refractivity contribution in [1.82, 2.24) is 0 Å². The van der Waals surface area contributed by atoms with E-state index in [9.17, 15) is 19.8 Å². The molecule has 1 atom stereocenters. The molecular formula is C14H19NO6. The van der Waals surface area contributed by atoms with Crippen molar-refractivity contribution >= 4 is 11.9 Å². The Kier molecular flexibility index (Phi) is 5.15. The Morgan fingerprint density at radius 3 is 2.29 bits per heavy atom. The molecule has 0 aliphatic rings. The molecule has 0 aliphatic heterocycles. The second kappa shape index (κ2) is 6.45. The van der Waals surface area contributed by atoms with Crippen LogP contribution in [0.2, 0.25) is 0 Å². The monoisotopic (exact) mass is 297 g/mol. The van der Waals surface area contributed by atoms with Crippen LogP contribution in [0.3, 0.4) is 0 Å². The molecule has 0 saturated heterocycles. The van der Waals surface area contributed by atoms with Gasteiger partial charge in [0.1, 0.15) is 5.60 Å². The lowest BCUT2D eigenvalue weighted by atomic mass is 9.98. The smallest absolute Gasteiger partial charge is 0.339 e. The summed E-state index contributed by atoms with van der Waals surface area (Å²) in [6.45, 7) is 5.01. The van der Waals surface area contributed by atoms with Gasteiger partial charge in [0.15, 0.2) is 17.4 Å². The standard InChI is InChI=1S/C14H19NO6/c1-14(2,3)20-12(18)9(13(19)21-15)6-8-4-5-10(16)11(17)7-8/h4-5,7,9,16-17H,6,15H2,1-3H3. The summed E-state index contributed by atoms with van der Waals surface area (Å²) in [4.78, 5) is 27.8. The fourth-order valence-corrected chi connectivity index (χ4v) is 1.65. The van der Waals surface area contributed by atoms with Gasteiger partial charge in [-0.15, -0.1) is 0 Å². The number of rotatable bonds is 4. The number of carbonyl (C=O) groups is 2. The molecular weight excluding hydrogens is 278 g/mol. The van der Waals surface area contributed by atoms with Gasteiger partial charge in [-0.2, -0.15) is 5.90 Å². The predicted molar refractivity (Wildman–Crippen MR) is 73.1 cm³/mol. The lowest BCUT2D eigenvalue weighted by Gasteiger charge is -2.22. The summed E-state index contributed by atoms with van der Waals surface area (Å²) in [5, 5.41) is 18.7. The second-order valence-corrected chi connectivity index (χ2v) is 5.55. The number of esters is 1. The maximum atomic E-state index is 12.0. The SMILES string of the molecule is CC(C)(C)OC(=O)C(Cc1ccc(O)c(O)c1)C(=O)ON. The molecule has 0 saturated carbocycles. The molecule has 21 heavy (non-hydrogen) atoms. The van der Waals surface area contributed by atoms with Crippen molar-refractivity contribution in [2.45, 2.75) is 32.8 Å². The van der Waals surface area contributed by atoms with E-state index in [0.717, 1.165) is 0 Å². The minimum Gasteiger partial charge on any atom is -0.504 e. The largest absolute Gasteiger partial charge is 0.504 e. The minimum atomic E-state index is -1.25. The van der Waals surface area contributed by atoms with E-state index in [-0.39, 0.29) is 17.9 Å². The zero-order valence-electron chi connectivity index (χ0n) is 12.1. The van der Waals surface area contributed by atoms with Crippen LogP contribution in [0.1, 0.15) is 26.3 Å². The Labute approximate surface area is 122 Å². The predicted octanol–water partition coefficient (Wildman–Crippen LogP) is 1.02. The lowest BCUT2D eigenvalue weighted by Crippen LogP contribution is -2.35. The quantitative estimate of drug-likeness (QED) is 0.328. The average Bonchev–Trinajstić information content (AvgIpc) is 2.37. The van der Waals surface area contributed by atoms with Gasteiger partial charge >= 0.3 is 11.9 Å². The van der Waals surface area contributed by atoms with Gasteiger partial charge in [0.25, 0.3) is 0 Å². The molecule has 1 rings (SSSR count). The first-order chi connectivity index (χ1) is 9.64. The average molecular weight is 297 g/mol. The number of benzene rings is 1. The Balaban J connectivity index is 2.95. The third-order valence-corrected chi connectivity index (χ3v) is 2.57. The van der Waals surface area contributed by atoms with E-state index in [1.54, 1.807) is 20.8 Å². The first-order valence-electron chi connectivity index (χ1n) is 6.28. The number of hydrogen-bond acceptors (Lipinski definition) is 7. The molecule has 0 aliphatic carbocycles. The van der Waals surface area contributed by atoms with E-state index >= 15 is 0 Å². The summed E-state index contributed by atoms with van der Waals surface area (Å²) >= 11 is 0. The van der Waals surface area contributed by atoms with E-state index in [1.807, 2.05) is 0 Å². The number of phenolic OH excluding ortho intramolecular Hbond substituents is 2. The molecule has 116 valence electrons. The van der Waals surface area contributed by atoms with Gasteiger partial charge in [0, 0.05) is 0 Å². The topological polar surface area (TPSA) is 119 Å². The van der Waals surface area contributed by atoms with Crippen LogP contribution in [0.4, 0.5) is 0 Å². The van der Waals surface area contributed by atoms with E-state index in [0.29, 0.717) is 5.56 Å². The third-order valence-electron chi connectivity index (χ3n) is 2.57. The van der Waals surface area contributed by atoms with Crippen LogP contribution >= 0.6 is 0 Å². The third kappa shape index (κ3) is 4.96. The van der Waals surface area contributed by atoms with E-state index in [4.69, 9.17) is 10.6 Å². The van der Waals surface area contributed by atoms with Crippen molar-refractivity contribution in [3.05, 3.63) is 23.8 Å². The first-order valence-corrected chi connectivity index (χ1v) is 6.28. The zero-order chi connectivity index (χ0) is 16.2. The van der Waals surface area contributed by atoms with Gasteiger partial charge in [-0.05, 0) is 44.9 Å². The maximum Gasteiger partial charge on any atom is 0.339 e. The van der Waals surface area contributed by atoms with Crippen molar-refractivity contribution in [2.75, 3.05) is 0 Å². The van der Waals surface area contributed by atoms with Crippen molar-refractivity contribution in [2.24, 2.45) is 11.8 Å². The van der Waals surface area contributed by atoms with Gasteiger partial charge in [0.2, 0.25) is 0 Å². The van der Waals surface area contributed by atoms with Crippen molar-refractivity contribution in [3.8, 4) is 11.5 Å². The Morgan fingerprint density at radius 1 is 1.19 bits per heavy atom. The normalized spacial score (nSPS) is 12.6. The van der Waals surface area contributed by atoms with Crippen LogP contribution < -0.4 is 5.90 Å². The summed E-state index contributed by atoms with van der Waals surface area (Å²) in [7, 11) is 0. The summed E-state index contributed by atoms with van der Waals surface area (Å²) in [6.07, 6.45) is -0.0706. The van der Waals surface area contributed by atoms with Crippen molar-refractivity contribution in [3.63, 3.8) is 0 Å². The van der Waals surface area contributed by atoms with Crippen LogP contribution in [0.25, 0.3) is 0 Å². The van der Waals surface area contributed by atoms with Gasteiger partial charge < -0.3 is 19.8 Å². The van der Waals surface area contributed by atoms with E-state index in [1.165, 1.54) is 18.2 Å². The number of hydrogen-bond donors (Lipinski definition) is 3. The van der Waals surface area contributed by atoms with Gasteiger partial charge in [-0.3, -0.25) is 4.79 Å². The highest BCUT2D eigenvalue weighted by Crippen LogP contribution is 2.26. The number of nitrogens with two attached hydrogens (primary N) is 1. The number of carbonyl (C=O) groups excluding carboxylic acids is 2. The minimum absolute atomic E-state index is 0.0706.